The molecule has 0 aliphatic heterocycles. The highest BCUT2D eigenvalue weighted by atomic mass is 16.7. The fourth-order valence-electron chi connectivity index (χ4n) is 1.77. The molecule has 0 fully saturated rings. The van der Waals surface area contributed by atoms with Crippen LogP contribution >= 0.6 is 0 Å². The minimum Gasteiger partial charge on any atom is -0.449 e. The molecule has 2 aromatic rings. The third kappa shape index (κ3) is 3.36. The van der Waals surface area contributed by atoms with Gasteiger partial charge in [-0.2, -0.15) is 5.11 Å². The second kappa shape index (κ2) is 6.04. The van der Waals surface area contributed by atoms with Crippen molar-refractivity contribution in [2.24, 2.45) is 10.2 Å². The number of carbonyl (C=O) groups is 1. The summed E-state index contributed by atoms with van der Waals surface area (Å²) in [5.41, 5.74) is 8.73. The smallest absolute Gasteiger partial charge is 0.449 e. The molecule has 0 heterocycles. The van der Waals surface area contributed by atoms with Gasteiger partial charge in [-0.15, -0.1) is 5.11 Å². The van der Waals surface area contributed by atoms with E-state index in [1.54, 1.807) is 25.1 Å². The van der Waals surface area contributed by atoms with Crippen LogP contribution in [-0.4, -0.2) is 11.3 Å². The van der Waals surface area contributed by atoms with Crippen molar-refractivity contribution in [3.63, 3.8) is 0 Å². The van der Waals surface area contributed by atoms with Crippen LogP contribution in [0.2, 0.25) is 0 Å². The van der Waals surface area contributed by atoms with Gasteiger partial charge in [0, 0.05) is 0 Å². The van der Waals surface area contributed by atoms with Crippen LogP contribution in [-0.2, 0) is 0 Å². The third-order valence-corrected chi connectivity index (χ3v) is 3.04. The van der Waals surface area contributed by atoms with Crippen molar-refractivity contribution in [1.29, 1.82) is 0 Å². The molecule has 2 rings (SSSR count). The lowest BCUT2D eigenvalue weighted by Crippen LogP contribution is -2.07. The minimum absolute atomic E-state index is 0.00489. The maximum absolute atomic E-state index is 10.8. The topological polar surface area (TPSA) is 97.3 Å². The number of nitrogens with two attached hydrogens (primary N) is 1. The summed E-state index contributed by atoms with van der Waals surface area (Å²) in [5.74, 6) is 0.00489. The number of anilines is 1. The molecule has 0 saturated carbocycles. The monoisotopic (exact) mass is 285 g/mol. The second-order valence-corrected chi connectivity index (χ2v) is 4.48. The molecule has 0 unspecified atom stereocenters. The van der Waals surface area contributed by atoms with Gasteiger partial charge in [0.2, 0.25) is 0 Å². The van der Waals surface area contributed by atoms with Crippen LogP contribution in [0.1, 0.15) is 11.1 Å². The van der Waals surface area contributed by atoms with Crippen LogP contribution in [0.5, 0.6) is 5.75 Å². The number of hydrogen-bond acceptors (Lipinski definition) is 5. The zero-order chi connectivity index (χ0) is 15.4. The Morgan fingerprint density at radius 3 is 2.48 bits per heavy atom. The lowest BCUT2D eigenvalue weighted by atomic mass is 10.1. The summed E-state index contributed by atoms with van der Waals surface area (Å²) in [5, 5.41) is 16.9. The molecule has 6 heteroatoms. The van der Waals surface area contributed by atoms with Gasteiger partial charge in [-0.1, -0.05) is 18.2 Å². The molecule has 0 radical (unpaired) electrons. The third-order valence-electron chi connectivity index (χ3n) is 3.04. The summed E-state index contributed by atoms with van der Waals surface area (Å²) in [6.07, 6.45) is -1.44. The first kappa shape index (κ1) is 14.5. The number of carboxylic acid groups (broad SMARTS) is 1. The van der Waals surface area contributed by atoms with Crippen LogP contribution in [0.4, 0.5) is 21.9 Å². The van der Waals surface area contributed by atoms with E-state index in [0.717, 1.165) is 11.1 Å². The van der Waals surface area contributed by atoms with Gasteiger partial charge in [0.25, 0.3) is 0 Å². The molecule has 0 aliphatic carbocycles. The van der Waals surface area contributed by atoms with Crippen molar-refractivity contribution >= 4 is 23.2 Å². The largest absolute Gasteiger partial charge is 0.511 e. The molecule has 108 valence electrons. The van der Waals surface area contributed by atoms with Gasteiger partial charge in [0.15, 0.2) is 5.75 Å². The molecular formula is C15H15N3O3. The molecule has 2 aromatic carbocycles. The number of benzene rings is 2. The van der Waals surface area contributed by atoms with E-state index in [0.29, 0.717) is 5.69 Å². The summed E-state index contributed by atoms with van der Waals surface area (Å²) in [4.78, 5) is 10.8. The summed E-state index contributed by atoms with van der Waals surface area (Å²) in [6.45, 7) is 3.65. The predicted molar refractivity (Wildman–Crippen MR) is 79.6 cm³/mol. The Morgan fingerprint density at radius 1 is 1.19 bits per heavy atom. The quantitative estimate of drug-likeness (QED) is 0.379. The van der Waals surface area contributed by atoms with Gasteiger partial charge in [-0.25, -0.2) is 4.79 Å². The van der Waals surface area contributed by atoms with Crippen LogP contribution < -0.4 is 10.5 Å². The molecule has 0 atom stereocenters. The highest BCUT2D eigenvalue weighted by molar-refractivity contribution is 5.76. The van der Waals surface area contributed by atoms with E-state index in [-0.39, 0.29) is 17.1 Å². The maximum Gasteiger partial charge on any atom is 0.511 e. The Kier molecular flexibility index (Phi) is 4.18. The lowest BCUT2D eigenvalue weighted by molar-refractivity contribution is 0.145. The first-order valence-electron chi connectivity index (χ1n) is 6.26. The molecular weight excluding hydrogens is 270 g/mol. The van der Waals surface area contributed by atoms with E-state index < -0.39 is 6.16 Å². The number of nitrogen functional groups attached to an aromatic ring is 1. The summed E-state index contributed by atoms with van der Waals surface area (Å²) in [7, 11) is 0. The molecule has 0 aromatic heterocycles. The Bertz CT molecular complexity index is 697. The average Bonchev–Trinajstić information content (AvgIpc) is 2.47. The summed E-state index contributed by atoms with van der Waals surface area (Å²) in [6, 6.07) is 10.8. The Labute approximate surface area is 121 Å². The van der Waals surface area contributed by atoms with Crippen molar-refractivity contribution in [3.05, 3.63) is 47.5 Å². The van der Waals surface area contributed by atoms with Gasteiger partial charge in [-0.05, 0) is 43.2 Å². The van der Waals surface area contributed by atoms with Gasteiger partial charge in [-0.3, -0.25) is 0 Å². The van der Waals surface area contributed by atoms with Crippen molar-refractivity contribution in [1.82, 2.24) is 0 Å². The summed E-state index contributed by atoms with van der Waals surface area (Å²) >= 11 is 0. The predicted octanol–water partition coefficient (Wildman–Crippen LogP) is 4.36. The molecule has 6 nitrogen and oxygen atoms in total. The highest BCUT2D eigenvalue weighted by Gasteiger charge is 2.16. The molecule has 0 amide bonds. The zero-order valence-corrected chi connectivity index (χ0v) is 11.7. The maximum atomic E-state index is 10.8. The molecule has 0 aliphatic rings. The number of rotatable bonds is 3. The molecule has 21 heavy (non-hydrogen) atoms. The van der Waals surface area contributed by atoms with E-state index in [1.807, 2.05) is 25.1 Å². The van der Waals surface area contributed by atoms with Crippen molar-refractivity contribution in [3.8, 4) is 5.75 Å². The SMILES string of the molecule is Cc1cc(N=Nc2ccccc2)c(OC(=O)O)c(N)c1C. The van der Waals surface area contributed by atoms with Crippen LogP contribution in [0, 0.1) is 13.8 Å². The molecule has 0 saturated heterocycles. The van der Waals surface area contributed by atoms with Crippen LogP contribution in [0.25, 0.3) is 0 Å². The first-order chi connectivity index (χ1) is 9.99. The van der Waals surface area contributed by atoms with E-state index in [1.165, 1.54) is 0 Å². The fourth-order valence-corrected chi connectivity index (χ4v) is 1.77. The Balaban J connectivity index is 2.47. The normalized spacial score (nSPS) is 10.8. The van der Waals surface area contributed by atoms with E-state index in [2.05, 4.69) is 10.2 Å². The number of aryl methyl sites for hydroxylation is 1. The fraction of sp³-hybridized carbons (Fsp3) is 0.133. The van der Waals surface area contributed by atoms with Crippen molar-refractivity contribution in [2.45, 2.75) is 13.8 Å². The second-order valence-electron chi connectivity index (χ2n) is 4.48. The molecule has 0 bridgehead atoms. The van der Waals surface area contributed by atoms with Crippen molar-refractivity contribution < 1.29 is 14.6 Å². The van der Waals surface area contributed by atoms with Gasteiger partial charge >= 0.3 is 6.16 Å². The van der Waals surface area contributed by atoms with Crippen molar-refractivity contribution in [2.75, 3.05) is 5.73 Å². The Morgan fingerprint density at radius 2 is 1.86 bits per heavy atom. The van der Waals surface area contributed by atoms with Gasteiger partial charge in [0.05, 0.1) is 11.4 Å². The first-order valence-corrected chi connectivity index (χ1v) is 6.26. The lowest BCUT2D eigenvalue weighted by Gasteiger charge is -2.11. The number of hydrogen-bond donors (Lipinski definition) is 2. The zero-order valence-electron chi connectivity index (χ0n) is 11.7. The standard InChI is InChI=1S/C15H15N3O3/c1-9-8-12(18-17-11-6-4-3-5-7-11)14(21-15(19)20)13(16)10(9)2/h3-8H,16H2,1-2H3,(H,19,20). The van der Waals surface area contributed by atoms with E-state index in [4.69, 9.17) is 15.6 Å². The minimum atomic E-state index is -1.44. The van der Waals surface area contributed by atoms with E-state index in [9.17, 15) is 4.79 Å². The number of azo groups is 1. The van der Waals surface area contributed by atoms with Crippen LogP contribution in [0.3, 0.4) is 0 Å². The van der Waals surface area contributed by atoms with E-state index >= 15 is 0 Å². The average molecular weight is 285 g/mol. The molecule has 3 N–H and O–H groups in total. The highest BCUT2D eigenvalue weighted by Crippen LogP contribution is 2.39. The number of nitrogens with zero attached hydrogens (tertiary/aromatic N) is 2. The van der Waals surface area contributed by atoms with Crippen LogP contribution in [0.15, 0.2) is 46.6 Å². The number of ether oxygens (including phenoxy) is 1. The Hall–Kier alpha value is -2.89. The van der Waals surface area contributed by atoms with Gasteiger partial charge in [0.1, 0.15) is 5.69 Å². The summed E-state index contributed by atoms with van der Waals surface area (Å²) < 4.78 is 4.74. The molecule has 0 spiro atoms. The van der Waals surface area contributed by atoms with Gasteiger partial charge < -0.3 is 15.6 Å².